The Bertz CT molecular complexity index is 1430. The van der Waals surface area contributed by atoms with Crippen LogP contribution in [0.15, 0.2) is 41.2 Å². The Hall–Kier alpha value is -4.01. The van der Waals surface area contributed by atoms with Crippen LogP contribution in [0, 0.1) is 11.5 Å². The fourth-order valence-electron chi connectivity index (χ4n) is 5.26. The van der Waals surface area contributed by atoms with E-state index in [1.165, 1.54) is 25.3 Å². The lowest BCUT2D eigenvalue weighted by molar-refractivity contribution is -0.157. The molecule has 1 aromatic carbocycles. The van der Waals surface area contributed by atoms with Crippen LogP contribution in [0.5, 0.6) is 0 Å². The third kappa shape index (κ3) is 4.92. The third-order valence-corrected chi connectivity index (χ3v) is 7.46. The van der Waals surface area contributed by atoms with Gasteiger partial charge in [-0.15, -0.1) is 5.26 Å². The minimum atomic E-state index is -2.25. The Labute approximate surface area is 220 Å². The van der Waals surface area contributed by atoms with Gasteiger partial charge in [-0.05, 0) is 57.1 Å². The molecule has 3 aromatic rings. The number of rotatable bonds is 6. The highest BCUT2D eigenvalue weighted by Crippen LogP contribution is 2.34. The molecule has 0 bridgehead atoms. The van der Waals surface area contributed by atoms with Crippen molar-refractivity contribution in [2.45, 2.75) is 44.2 Å². The molecule has 1 unspecified atom stereocenters. The van der Waals surface area contributed by atoms with Crippen LogP contribution in [0.1, 0.15) is 44.3 Å². The summed E-state index contributed by atoms with van der Waals surface area (Å²) >= 11 is 0. The van der Waals surface area contributed by atoms with Gasteiger partial charge in [0.05, 0.1) is 5.69 Å². The molecular weight excluding hydrogens is 486 g/mol. The van der Waals surface area contributed by atoms with Crippen molar-refractivity contribution in [3.63, 3.8) is 0 Å². The fourth-order valence-corrected chi connectivity index (χ4v) is 5.26. The minimum absolute atomic E-state index is 0.0410. The van der Waals surface area contributed by atoms with Gasteiger partial charge >= 0.3 is 5.97 Å². The number of benzene rings is 1. The van der Waals surface area contributed by atoms with E-state index in [4.69, 9.17) is 5.26 Å². The van der Waals surface area contributed by atoms with Crippen LogP contribution in [0.2, 0.25) is 0 Å². The van der Waals surface area contributed by atoms with Crippen molar-refractivity contribution >= 4 is 34.3 Å². The summed E-state index contributed by atoms with van der Waals surface area (Å²) in [4.78, 5) is 39.3. The van der Waals surface area contributed by atoms with E-state index >= 15 is 0 Å². The first-order valence-electron chi connectivity index (χ1n) is 12.8. The maximum atomic E-state index is 13.0. The van der Waals surface area contributed by atoms with E-state index in [9.17, 15) is 14.7 Å². The lowest BCUT2D eigenvalue weighted by Crippen LogP contribution is -2.44. The minimum Gasteiger partial charge on any atom is -0.373 e. The molecule has 0 radical (unpaired) electrons. The van der Waals surface area contributed by atoms with Crippen LogP contribution in [0.25, 0.3) is 11.0 Å². The van der Waals surface area contributed by atoms with Gasteiger partial charge in [-0.25, -0.2) is 9.78 Å². The second-order valence-corrected chi connectivity index (χ2v) is 10.1. The number of hydrogen-bond donors (Lipinski definition) is 2. The van der Waals surface area contributed by atoms with E-state index < -0.39 is 11.6 Å². The zero-order chi connectivity index (χ0) is 26.9. The second kappa shape index (κ2) is 10.4. The number of fused-ring (bicyclic) bond motifs is 1. The molecule has 2 aliphatic rings. The SMILES string of the molecule is CN1CCN(c2ccc(Nc3nc(C(C)(O)C(=O)OC#N)c4ccc(=O)n(C5CCCC5)c4n3)cc2)CC1. The summed E-state index contributed by atoms with van der Waals surface area (Å²) in [5.74, 6) is -1.05. The molecule has 5 rings (SSSR count). The quantitative estimate of drug-likeness (QED) is 0.371. The Morgan fingerprint density at radius 1 is 1.11 bits per heavy atom. The lowest BCUT2D eigenvalue weighted by atomic mass is 9.99. The van der Waals surface area contributed by atoms with Gasteiger partial charge in [0, 0.05) is 55.0 Å². The first-order valence-corrected chi connectivity index (χ1v) is 12.8. The number of nitrogens with zero attached hydrogens (tertiary/aromatic N) is 6. The van der Waals surface area contributed by atoms with Gasteiger partial charge in [0.2, 0.25) is 11.5 Å². The molecule has 1 saturated heterocycles. The van der Waals surface area contributed by atoms with Gasteiger partial charge in [-0.1, -0.05) is 12.8 Å². The van der Waals surface area contributed by atoms with Gasteiger partial charge in [-0.3, -0.25) is 9.36 Å². The summed E-state index contributed by atoms with van der Waals surface area (Å²) in [6.45, 7) is 5.13. The van der Waals surface area contributed by atoms with E-state index in [1.807, 2.05) is 24.3 Å². The number of hydrogen-bond acceptors (Lipinski definition) is 10. The summed E-state index contributed by atoms with van der Waals surface area (Å²) in [6.07, 6.45) is 4.99. The van der Waals surface area contributed by atoms with Crippen LogP contribution in [0.4, 0.5) is 17.3 Å². The number of carbonyl (C=O) groups is 1. The highest BCUT2D eigenvalue weighted by Gasteiger charge is 2.39. The van der Waals surface area contributed by atoms with Crippen molar-refractivity contribution in [3.05, 3.63) is 52.4 Å². The first kappa shape index (κ1) is 25.6. The smallest absolute Gasteiger partial charge is 0.359 e. The molecule has 11 nitrogen and oxygen atoms in total. The van der Waals surface area contributed by atoms with Gasteiger partial charge in [0.15, 0.2) is 0 Å². The zero-order valence-corrected chi connectivity index (χ0v) is 21.6. The molecule has 2 aromatic heterocycles. The van der Waals surface area contributed by atoms with Crippen molar-refractivity contribution < 1.29 is 14.6 Å². The first-order chi connectivity index (χ1) is 18.3. The van der Waals surface area contributed by atoms with Crippen LogP contribution in [-0.4, -0.2) is 63.7 Å². The number of piperazine rings is 1. The topological polar surface area (TPSA) is 137 Å². The number of pyridine rings is 1. The molecule has 11 heteroatoms. The average molecular weight is 518 g/mol. The highest BCUT2D eigenvalue weighted by atomic mass is 16.5. The van der Waals surface area contributed by atoms with Gasteiger partial charge < -0.3 is 25.0 Å². The number of aliphatic hydroxyl groups is 1. The van der Waals surface area contributed by atoms with Crippen LogP contribution in [0.3, 0.4) is 0 Å². The van der Waals surface area contributed by atoms with E-state index in [0.717, 1.165) is 57.5 Å². The molecule has 0 amide bonds. The largest absolute Gasteiger partial charge is 0.373 e. The van der Waals surface area contributed by atoms with Crippen molar-refractivity contribution in [1.82, 2.24) is 19.4 Å². The van der Waals surface area contributed by atoms with Gasteiger partial charge in [0.1, 0.15) is 5.65 Å². The summed E-state index contributed by atoms with van der Waals surface area (Å²) in [6, 6.07) is 10.7. The molecule has 198 valence electrons. The number of aromatic nitrogens is 3. The molecule has 38 heavy (non-hydrogen) atoms. The second-order valence-electron chi connectivity index (χ2n) is 10.1. The third-order valence-electron chi connectivity index (χ3n) is 7.46. The molecular formula is C27H31N7O4. The highest BCUT2D eigenvalue weighted by molar-refractivity contribution is 5.89. The van der Waals surface area contributed by atoms with Crippen molar-refractivity contribution in [2.24, 2.45) is 0 Å². The average Bonchev–Trinajstić information content (AvgIpc) is 3.43. The number of likely N-dealkylation sites (N-methyl/N-ethyl adjacent to an activating group) is 1. The molecule has 2 N–H and O–H groups in total. The predicted molar refractivity (Wildman–Crippen MR) is 142 cm³/mol. The maximum absolute atomic E-state index is 13.0. The Balaban J connectivity index is 1.56. The fraction of sp³-hybridized carbons (Fsp3) is 0.444. The summed E-state index contributed by atoms with van der Waals surface area (Å²) in [5, 5.41) is 23.5. The number of nitriles is 1. The molecule has 0 spiro atoms. The molecule has 1 aliphatic heterocycles. The van der Waals surface area contributed by atoms with E-state index in [1.54, 1.807) is 4.57 Å². The predicted octanol–water partition coefficient (Wildman–Crippen LogP) is 2.63. The van der Waals surface area contributed by atoms with E-state index in [0.29, 0.717) is 16.7 Å². The van der Waals surface area contributed by atoms with Crippen LogP contribution in [-0.2, 0) is 15.1 Å². The van der Waals surface area contributed by atoms with E-state index in [2.05, 4.69) is 36.9 Å². The molecule has 2 fully saturated rings. The maximum Gasteiger partial charge on any atom is 0.359 e. The number of anilines is 3. The van der Waals surface area contributed by atoms with Gasteiger partial charge in [-0.2, -0.15) is 4.98 Å². The molecule has 1 atom stereocenters. The lowest BCUT2D eigenvalue weighted by Gasteiger charge is -2.34. The van der Waals surface area contributed by atoms with Crippen LogP contribution < -0.4 is 15.8 Å². The number of nitrogens with one attached hydrogen (secondary N) is 1. The van der Waals surface area contributed by atoms with Gasteiger partial charge in [0.25, 0.3) is 11.8 Å². The summed E-state index contributed by atoms with van der Waals surface area (Å²) in [5.41, 5.74) is -0.381. The molecule has 1 aliphatic carbocycles. The van der Waals surface area contributed by atoms with E-state index in [-0.39, 0.29) is 23.2 Å². The zero-order valence-electron chi connectivity index (χ0n) is 21.6. The van der Waals surface area contributed by atoms with Crippen molar-refractivity contribution in [1.29, 1.82) is 5.26 Å². The Morgan fingerprint density at radius 2 is 1.79 bits per heavy atom. The molecule has 3 heterocycles. The Morgan fingerprint density at radius 3 is 2.45 bits per heavy atom. The molecule has 1 saturated carbocycles. The summed E-state index contributed by atoms with van der Waals surface area (Å²) < 4.78 is 6.08. The number of ether oxygens (including phenoxy) is 1. The number of carbonyl (C=O) groups excluding carboxylic acids is 1. The van der Waals surface area contributed by atoms with Crippen LogP contribution >= 0.6 is 0 Å². The standard InChI is InChI=1S/C27H31N7O4/c1-27(37,25(36)38-17-28)23-21-11-12-22(35)34(20-5-3-4-6-20)24(21)31-26(30-23)29-18-7-9-19(10-8-18)33-15-13-32(2)14-16-33/h7-12,20,37H,3-6,13-16H2,1-2H3,(H,29,30,31). The van der Waals surface area contributed by atoms with Crippen molar-refractivity contribution in [2.75, 3.05) is 43.4 Å². The normalized spacial score (nSPS) is 18.2. The monoisotopic (exact) mass is 517 g/mol. The number of esters is 1. The summed E-state index contributed by atoms with van der Waals surface area (Å²) in [7, 11) is 2.12. The Kier molecular flexibility index (Phi) is 7.01. The van der Waals surface area contributed by atoms with Crippen molar-refractivity contribution in [3.8, 4) is 6.26 Å².